The number of nitrogens with zero attached hydrogens (tertiary/aromatic N) is 2. The molecule has 0 unspecified atom stereocenters. The lowest BCUT2D eigenvalue weighted by atomic mass is 10.1. The van der Waals surface area contributed by atoms with Crippen LogP contribution in [0.4, 0.5) is 0 Å². The summed E-state index contributed by atoms with van der Waals surface area (Å²) >= 11 is 0. The molecule has 1 aromatic carbocycles. The monoisotopic (exact) mass is 364 g/mol. The van der Waals surface area contributed by atoms with E-state index in [1.807, 2.05) is 18.7 Å². The highest BCUT2D eigenvalue weighted by molar-refractivity contribution is 5.69. The lowest BCUT2D eigenvalue weighted by molar-refractivity contribution is -0.138. The van der Waals surface area contributed by atoms with E-state index in [1.54, 1.807) is 0 Å². The average Bonchev–Trinajstić information content (AvgIpc) is 2.60. The van der Waals surface area contributed by atoms with Crippen molar-refractivity contribution >= 4 is 5.97 Å². The van der Waals surface area contributed by atoms with Crippen LogP contribution in [-0.2, 0) is 11.3 Å². The molecule has 1 saturated heterocycles. The van der Waals surface area contributed by atoms with E-state index in [2.05, 4.69) is 56.9 Å². The summed E-state index contributed by atoms with van der Waals surface area (Å²) in [6.45, 7) is 17.5. The summed E-state index contributed by atoms with van der Waals surface area (Å²) in [6.07, 6.45) is 2.71. The van der Waals surface area contributed by atoms with Crippen molar-refractivity contribution in [1.29, 1.82) is 0 Å². The molecule has 0 amide bonds. The number of piperazine rings is 1. The van der Waals surface area contributed by atoms with Crippen LogP contribution in [-0.4, -0.2) is 53.6 Å². The standard InChI is InChI=1S/C14H20N2O2.C6H14.C2H6/c1-12-2-4-13(5-3-12)10-15-6-8-16(9-7-15)11-14(17)18;1-4-5-6(2)3;1-2/h2-5H,6-11H2,1H3,(H,17,18);6H,4-5H2,1-3H3;1-2H3. The Morgan fingerprint density at radius 1 is 1.04 bits per heavy atom. The first-order chi connectivity index (χ1) is 12.4. The lowest BCUT2D eigenvalue weighted by Crippen LogP contribution is -2.47. The van der Waals surface area contributed by atoms with Gasteiger partial charge in [0.05, 0.1) is 6.54 Å². The number of carbonyl (C=O) groups is 1. The topological polar surface area (TPSA) is 43.8 Å². The molecule has 1 fully saturated rings. The van der Waals surface area contributed by atoms with Gasteiger partial charge in [0.2, 0.25) is 0 Å². The van der Waals surface area contributed by atoms with Crippen LogP contribution in [0.2, 0.25) is 0 Å². The van der Waals surface area contributed by atoms with Gasteiger partial charge in [0.1, 0.15) is 0 Å². The van der Waals surface area contributed by atoms with Crippen molar-refractivity contribution in [1.82, 2.24) is 9.80 Å². The van der Waals surface area contributed by atoms with Crippen molar-refractivity contribution in [3.05, 3.63) is 35.4 Å². The van der Waals surface area contributed by atoms with Gasteiger partial charge in [-0.2, -0.15) is 0 Å². The Hall–Kier alpha value is -1.39. The van der Waals surface area contributed by atoms with E-state index in [0.717, 1.165) is 38.6 Å². The van der Waals surface area contributed by atoms with Gasteiger partial charge in [-0.25, -0.2) is 0 Å². The van der Waals surface area contributed by atoms with Gasteiger partial charge in [-0.1, -0.05) is 77.3 Å². The van der Waals surface area contributed by atoms with Crippen molar-refractivity contribution in [2.45, 2.75) is 60.9 Å². The Morgan fingerprint density at radius 3 is 1.92 bits per heavy atom. The summed E-state index contributed by atoms with van der Waals surface area (Å²) in [6, 6.07) is 8.60. The van der Waals surface area contributed by atoms with E-state index in [4.69, 9.17) is 5.11 Å². The highest BCUT2D eigenvalue weighted by Gasteiger charge is 2.18. The van der Waals surface area contributed by atoms with Gasteiger partial charge < -0.3 is 5.11 Å². The summed E-state index contributed by atoms with van der Waals surface area (Å²) in [5.74, 6) is 0.164. The smallest absolute Gasteiger partial charge is 0.317 e. The zero-order valence-corrected chi connectivity index (χ0v) is 17.8. The van der Waals surface area contributed by atoms with E-state index in [9.17, 15) is 4.79 Å². The number of rotatable bonds is 6. The maximum atomic E-state index is 10.6. The van der Waals surface area contributed by atoms with E-state index >= 15 is 0 Å². The molecule has 150 valence electrons. The second-order valence-corrected chi connectivity index (χ2v) is 7.11. The first-order valence-electron chi connectivity index (χ1n) is 10.1. The number of hydrogen-bond donors (Lipinski definition) is 1. The Labute approximate surface area is 161 Å². The number of carboxylic acids is 1. The molecule has 26 heavy (non-hydrogen) atoms. The Kier molecular flexibility index (Phi) is 14.0. The van der Waals surface area contributed by atoms with E-state index in [1.165, 1.54) is 24.0 Å². The predicted molar refractivity (Wildman–Crippen MR) is 112 cm³/mol. The molecular weight excluding hydrogens is 324 g/mol. The zero-order valence-electron chi connectivity index (χ0n) is 17.8. The minimum absolute atomic E-state index is 0.165. The third-order valence-corrected chi connectivity index (χ3v) is 4.22. The molecule has 1 aliphatic heterocycles. The Bertz CT molecular complexity index is 464. The first kappa shape index (κ1) is 24.6. The van der Waals surface area contributed by atoms with Crippen LogP contribution < -0.4 is 0 Å². The van der Waals surface area contributed by atoms with Crippen LogP contribution >= 0.6 is 0 Å². The molecule has 0 atom stereocenters. The van der Waals surface area contributed by atoms with Crippen molar-refractivity contribution in [3.63, 3.8) is 0 Å². The molecule has 4 heteroatoms. The molecule has 0 saturated carbocycles. The maximum Gasteiger partial charge on any atom is 0.317 e. The van der Waals surface area contributed by atoms with Crippen LogP contribution in [0.1, 0.15) is 58.6 Å². The van der Waals surface area contributed by atoms with Crippen molar-refractivity contribution in [3.8, 4) is 0 Å². The largest absolute Gasteiger partial charge is 0.480 e. The van der Waals surface area contributed by atoms with Crippen LogP contribution in [0.15, 0.2) is 24.3 Å². The summed E-state index contributed by atoms with van der Waals surface area (Å²) in [4.78, 5) is 15.0. The van der Waals surface area contributed by atoms with Crippen molar-refractivity contribution in [2.75, 3.05) is 32.7 Å². The highest BCUT2D eigenvalue weighted by Crippen LogP contribution is 2.09. The molecule has 1 N–H and O–H groups in total. The Morgan fingerprint density at radius 2 is 1.54 bits per heavy atom. The second kappa shape index (κ2) is 14.7. The fourth-order valence-electron chi connectivity index (χ4n) is 2.83. The maximum absolute atomic E-state index is 10.6. The van der Waals surface area contributed by atoms with Gasteiger partial charge in [-0.15, -0.1) is 0 Å². The molecule has 1 aliphatic rings. The van der Waals surface area contributed by atoms with Gasteiger partial charge in [0.25, 0.3) is 0 Å². The SMILES string of the molecule is CC.CCCC(C)C.Cc1ccc(CN2CCN(CC(=O)O)CC2)cc1. The summed E-state index contributed by atoms with van der Waals surface area (Å²) in [7, 11) is 0. The number of carboxylic acid groups (broad SMARTS) is 1. The molecule has 4 nitrogen and oxygen atoms in total. The van der Waals surface area contributed by atoms with Gasteiger partial charge >= 0.3 is 5.97 Å². The van der Waals surface area contributed by atoms with Gasteiger partial charge in [0, 0.05) is 32.7 Å². The van der Waals surface area contributed by atoms with Crippen molar-refractivity contribution in [2.24, 2.45) is 5.92 Å². The molecule has 0 radical (unpaired) electrons. The average molecular weight is 365 g/mol. The lowest BCUT2D eigenvalue weighted by Gasteiger charge is -2.33. The second-order valence-electron chi connectivity index (χ2n) is 7.11. The Balaban J connectivity index is 0.000000667. The summed E-state index contributed by atoms with van der Waals surface area (Å²) in [5, 5.41) is 8.74. The number of benzene rings is 1. The summed E-state index contributed by atoms with van der Waals surface area (Å²) in [5.41, 5.74) is 2.61. The quantitative estimate of drug-likeness (QED) is 0.797. The van der Waals surface area contributed by atoms with Crippen LogP contribution in [0.5, 0.6) is 0 Å². The molecule has 2 rings (SSSR count). The molecule has 0 aliphatic carbocycles. The van der Waals surface area contributed by atoms with Crippen LogP contribution in [0.3, 0.4) is 0 Å². The molecule has 0 spiro atoms. The van der Waals surface area contributed by atoms with Crippen molar-refractivity contribution < 1.29 is 9.90 Å². The van der Waals surface area contributed by atoms with E-state index < -0.39 is 5.97 Å². The van der Waals surface area contributed by atoms with Crippen LogP contribution in [0, 0.1) is 12.8 Å². The first-order valence-corrected chi connectivity index (χ1v) is 10.1. The predicted octanol–water partition coefficient (Wildman–Crippen LogP) is 4.67. The van der Waals surface area contributed by atoms with Crippen LogP contribution in [0.25, 0.3) is 0 Å². The number of hydrogen-bond acceptors (Lipinski definition) is 3. The number of aliphatic carboxylic acids is 1. The molecule has 0 aromatic heterocycles. The fraction of sp³-hybridized carbons (Fsp3) is 0.682. The van der Waals surface area contributed by atoms with Gasteiger partial charge in [0.15, 0.2) is 0 Å². The van der Waals surface area contributed by atoms with E-state index in [0.29, 0.717) is 0 Å². The van der Waals surface area contributed by atoms with E-state index in [-0.39, 0.29) is 6.54 Å². The zero-order chi connectivity index (χ0) is 19.9. The third-order valence-electron chi connectivity index (χ3n) is 4.22. The molecule has 1 aromatic rings. The highest BCUT2D eigenvalue weighted by atomic mass is 16.4. The number of aryl methyl sites for hydroxylation is 1. The minimum atomic E-state index is -0.734. The fourth-order valence-corrected chi connectivity index (χ4v) is 2.83. The molecular formula is C22H40N2O2. The molecule has 0 bridgehead atoms. The minimum Gasteiger partial charge on any atom is -0.480 e. The molecule has 1 heterocycles. The van der Waals surface area contributed by atoms with Gasteiger partial charge in [-0.3, -0.25) is 14.6 Å². The summed E-state index contributed by atoms with van der Waals surface area (Å²) < 4.78 is 0. The van der Waals surface area contributed by atoms with Gasteiger partial charge in [-0.05, 0) is 18.4 Å². The normalized spacial score (nSPS) is 14.9. The third kappa shape index (κ3) is 12.0.